The van der Waals surface area contributed by atoms with E-state index in [0.29, 0.717) is 0 Å². The van der Waals surface area contributed by atoms with Crippen LogP contribution in [0.4, 0.5) is 0 Å². The number of hydrogen-bond donors (Lipinski definition) is 2. The lowest BCUT2D eigenvalue weighted by Gasteiger charge is -2.04. The molecule has 0 heterocycles. The minimum atomic E-state index is 0. The zero-order valence-corrected chi connectivity index (χ0v) is 6.48. The molecular weight excluding hydrogens is 124 g/mol. The summed E-state index contributed by atoms with van der Waals surface area (Å²) in [5.74, 6) is 0.801. The Morgan fingerprint density at radius 1 is 1.30 bits per heavy atom. The molecule has 0 aromatic heterocycles. The highest BCUT2D eigenvalue weighted by Gasteiger charge is 1.90. The van der Waals surface area contributed by atoms with Gasteiger partial charge < -0.3 is 11.1 Å². The fourth-order valence-corrected chi connectivity index (χ4v) is 0.618. The van der Waals surface area contributed by atoms with Crippen LogP contribution in [0.5, 0.6) is 0 Å². The molecular formula is C8H22N2. The fourth-order valence-electron chi connectivity index (χ4n) is 0.618. The van der Waals surface area contributed by atoms with Crippen molar-refractivity contribution in [2.24, 2.45) is 11.7 Å². The van der Waals surface area contributed by atoms with Gasteiger partial charge in [0.25, 0.3) is 0 Å². The summed E-state index contributed by atoms with van der Waals surface area (Å²) in [5.41, 5.74) is 5.28. The van der Waals surface area contributed by atoms with Crippen molar-refractivity contribution in [2.75, 3.05) is 19.6 Å². The van der Waals surface area contributed by atoms with Crippen molar-refractivity contribution in [3.05, 3.63) is 0 Å². The molecule has 64 valence electrons. The molecule has 0 aliphatic heterocycles. The summed E-state index contributed by atoms with van der Waals surface area (Å²) >= 11 is 0. The van der Waals surface area contributed by atoms with E-state index in [1.54, 1.807) is 0 Å². The van der Waals surface area contributed by atoms with Crippen molar-refractivity contribution in [1.82, 2.24) is 5.32 Å². The zero-order valence-electron chi connectivity index (χ0n) is 6.48. The lowest BCUT2D eigenvalue weighted by atomic mass is 10.1. The second-order valence-electron chi connectivity index (χ2n) is 2.72. The van der Waals surface area contributed by atoms with E-state index < -0.39 is 0 Å². The van der Waals surface area contributed by atoms with E-state index in [-0.39, 0.29) is 7.43 Å². The third-order valence-electron chi connectivity index (χ3n) is 1.22. The summed E-state index contributed by atoms with van der Waals surface area (Å²) in [5, 5.41) is 3.24. The molecule has 0 atom stereocenters. The predicted molar refractivity (Wildman–Crippen MR) is 48.1 cm³/mol. The van der Waals surface area contributed by atoms with E-state index in [1.165, 1.54) is 6.42 Å². The summed E-state index contributed by atoms with van der Waals surface area (Å²) in [6, 6.07) is 0. The molecule has 0 saturated carbocycles. The SMILES string of the molecule is C.CC(C)CCNCCN. The van der Waals surface area contributed by atoms with Crippen LogP contribution in [0.3, 0.4) is 0 Å². The summed E-state index contributed by atoms with van der Waals surface area (Å²) in [4.78, 5) is 0. The Labute approximate surface area is 65.2 Å². The number of nitrogens with two attached hydrogens (primary N) is 1. The highest BCUT2D eigenvalue weighted by atomic mass is 14.9. The van der Waals surface area contributed by atoms with Gasteiger partial charge in [0.05, 0.1) is 0 Å². The van der Waals surface area contributed by atoms with Crippen LogP contribution < -0.4 is 11.1 Å². The maximum Gasteiger partial charge on any atom is 0.00745 e. The van der Waals surface area contributed by atoms with Crippen LogP contribution in [-0.4, -0.2) is 19.6 Å². The molecule has 0 saturated heterocycles. The van der Waals surface area contributed by atoms with E-state index in [4.69, 9.17) is 5.73 Å². The zero-order chi connectivity index (χ0) is 7.11. The Balaban J connectivity index is 0. The summed E-state index contributed by atoms with van der Waals surface area (Å²) in [6.45, 7) is 7.26. The van der Waals surface area contributed by atoms with Crippen LogP contribution in [0.25, 0.3) is 0 Å². The van der Waals surface area contributed by atoms with Crippen molar-refractivity contribution < 1.29 is 0 Å². The smallest absolute Gasteiger partial charge is 0.00745 e. The summed E-state index contributed by atoms with van der Waals surface area (Å²) in [7, 11) is 0. The predicted octanol–water partition coefficient (Wildman–Crippen LogP) is 1.22. The van der Waals surface area contributed by atoms with Crippen LogP contribution >= 0.6 is 0 Å². The highest BCUT2D eigenvalue weighted by molar-refractivity contribution is 4.50. The molecule has 0 rings (SSSR count). The average molecular weight is 146 g/mol. The van der Waals surface area contributed by atoms with Gasteiger partial charge in [-0.05, 0) is 18.9 Å². The van der Waals surface area contributed by atoms with Gasteiger partial charge in [-0.3, -0.25) is 0 Å². The first-order chi connectivity index (χ1) is 4.27. The summed E-state index contributed by atoms with van der Waals surface area (Å²) < 4.78 is 0. The third kappa shape index (κ3) is 10.8. The van der Waals surface area contributed by atoms with Crippen molar-refractivity contribution in [2.45, 2.75) is 27.7 Å². The van der Waals surface area contributed by atoms with Crippen LogP contribution in [0.15, 0.2) is 0 Å². The molecule has 0 amide bonds. The lowest BCUT2D eigenvalue weighted by Crippen LogP contribution is -2.24. The molecule has 0 unspecified atom stereocenters. The monoisotopic (exact) mass is 146 g/mol. The summed E-state index contributed by atoms with van der Waals surface area (Å²) in [6.07, 6.45) is 1.25. The van der Waals surface area contributed by atoms with Crippen LogP contribution in [-0.2, 0) is 0 Å². The number of rotatable bonds is 5. The van der Waals surface area contributed by atoms with Gasteiger partial charge in [0.15, 0.2) is 0 Å². The molecule has 3 N–H and O–H groups in total. The van der Waals surface area contributed by atoms with Gasteiger partial charge in [0.1, 0.15) is 0 Å². The van der Waals surface area contributed by atoms with Crippen LogP contribution in [0, 0.1) is 5.92 Å². The number of nitrogens with one attached hydrogen (secondary N) is 1. The van der Waals surface area contributed by atoms with Crippen molar-refractivity contribution in [1.29, 1.82) is 0 Å². The minimum absolute atomic E-state index is 0. The molecule has 0 fully saturated rings. The highest BCUT2D eigenvalue weighted by Crippen LogP contribution is 1.95. The van der Waals surface area contributed by atoms with Crippen LogP contribution in [0.2, 0.25) is 0 Å². The lowest BCUT2D eigenvalue weighted by molar-refractivity contribution is 0.541. The Hall–Kier alpha value is -0.0800. The Bertz CT molecular complexity index is 53.2. The van der Waals surface area contributed by atoms with E-state index >= 15 is 0 Å². The standard InChI is InChI=1S/C7H18N2.CH4/c1-7(2)3-5-9-6-4-8;/h7,9H,3-6,8H2,1-2H3;1H4. The van der Waals surface area contributed by atoms with Gasteiger partial charge in [0, 0.05) is 13.1 Å². The Kier molecular flexibility index (Phi) is 11.2. The third-order valence-corrected chi connectivity index (χ3v) is 1.22. The Morgan fingerprint density at radius 3 is 2.30 bits per heavy atom. The second kappa shape index (κ2) is 8.92. The normalized spacial score (nSPS) is 9.60. The van der Waals surface area contributed by atoms with Crippen molar-refractivity contribution in [3.63, 3.8) is 0 Å². The van der Waals surface area contributed by atoms with E-state index in [1.807, 2.05) is 0 Å². The molecule has 10 heavy (non-hydrogen) atoms. The van der Waals surface area contributed by atoms with E-state index in [0.717, 1.165) is 25.6 Å². The van der Waals surface area contributed by atoms with Crippen molar-refractivity contribution >= 4 is 0 Å². The first kappa shape index (κ1) is 12.6. The minimum Gasteiger partial charge on any atom is -0.329 e. The quantitative estimate of drug-likeness (QED) is 0.572. The molecule has 0 bridgehead atoms. The van der Waals surface area contributed by atoms with Gasteiger partial charge in [-0.25, -0.2) is 0 Å². The topological polar surface area (TPSA) is 38.0 Å². The van der Waals surface area contributed by atoms with Gasteiger partial charge in [-0.2, -0.15) is 0 Å². The fraction of sp³-hybridized carbons (Fsp3) is 1.00. The number of hydrogen-bond acceptors (Lipinski definition) is 2. The average Bonchev–Trinajstić information content (AvgIpc) is 1.80. The maximum absolute atomic E-state index is 5.28. The molecule has 2 heteroatoms. The molecule has 0 radical (unpaired) electrons. The van der Waals surface area contributed by atoms with Crippen molar-refractivity contribution in [3.8, 4) is 0 Å². The molecule has 0 aliphatic carbocycles. The Morgan fingerprint density at radius 2 is 1.90 bits per heavy atom. The van der Waals surface area contributed by atoms with E-state index in [2.05, 4.69) is 19.2 Å². The van der Waals surface area contributed by atoms with Gasteiger partial charge in [-0.15, -0.1) is 0 Å². The first-order valence-electron chi connectivity index (χ1n) is 3.68. The van der Waals surface area contributed by atoms with E-state index in [9.17, 15) is 0 Å². The molecule has 0 aromatic rings. The first-order valence-corrected chi connectivity index (χ1v) is 3.68. The molecule has 0 aliphatic rings. The van der Waals surface area contributed by atoms with Gasteiger partial charge >= 0.3 is 0 Å². The molecule has 0 aromatic carbocycles. The molecule has 2 nitrogen and oxygen atoms in total. The molecule has 0 spiro atoms. The second-order valence-corrected chi connectivity index (χ2v) is 2.72. The maximum atomic E-state index is 5.28. The van der Waals surface area contributed by atoms with Gasteiger partial charge in [-0.1, -0.05) is 21.3 Å². The largest absolute Gasteiger partial charge is 0.329 e. The van der Waals surface area contributed by atoms with Crippen LogP contribution in [0.1, 0.15) is 27.7 Å². The van der Waals surface area contributed by atoms with Gasteiger partial charge in [0.2, 0.25) is 0 Å².